The Labute approximate surface area is 116 Å². The van der Waals surface area contributed by atoms with Gasteiger partial charge >= 0.3 is 5.97 Å². The van der Waals surface area contributed by atoms with Gasteiger partial charge in [0.15, 0.2) is 0 Å². The molecule has 0 saturated carbocycles. The van der Waals surface area contributed by atoms with E-state index in [2.05, 4.69) is 0 Å². The lowest BCUT2D eigenvalue weighted by molar-refractivity contribution is -0.139. The van der Waals surface area contributed by atoms with Gasteiger partial charge in [0.2, 0.25) is 5.91 Å². The average Bonchev–Trinajstić information content (AvgIpc) is 2.34. The minimum absolute atomic E-state index is 0.00415. The first-order chi connectivity index (χ1) is 8.97. The van der Waals surface area contributed by atoms with Crippen LogP contribution in [0.3, 0.4) is 0 Å². The van der Waals surface area contributed by atoms with Gasteiger partial charge in [-0.3, -0.25) is 14.5 Å². The van der Waals surface area contributed by atoms with E-state index in [9.17, 15) is 9.59 Å². The molecule has 0 bridgehead atoms. The highest BCUT2D eigenvalue weighted by atomic mass is 35.5. The third-order valence-electron chi connectivity index (χ3n) is 3.19. The number of hydrogen-bond acceptors (Lipinski definition) is 3. The third-order valence-corrected chi connectivity index (χ3v) is 3.44. The summed E-state index contributed by atoms with van der Waals surface area (Å²) in [4.78, 5) is 26.1. The average molecular weight is 283 g/mol. The van der Waals surface area contributed by atoms with Crippen molar-refractivity contribution in [3.05, 3.63) is 29.3 Å². The van der Waals surface area contributed by atoms with E-state index < -0.39 is 5.97 Å². The van der Waals surface area contributed by atoms with Gasteiger partial charge in [-0.25, -0.2) is 0 Å². The van der Waals surface area contributed by atoms with Gasteiger partial charge in [-0.15, -0.1) is 0 Å². The van der Waals surface area contributed by atoms with Crippen molar-refractivity contribution >= 4 is 29.2 Å². The minimum atomic E-state index is -0.917. The second-order valence-electron chi connectivity index (χ2n) is 4.63. The highest BCUT2D eigenvalue weighted by Gasteiger charge is 2.31. The Morgan fingerprint density at radius 2 is 2.05 bits per heavy atom. The Kier molecular flexibility index (Phi) is 4.07. The number of anilines is 1. The number of carboxylic acids is 1. The Balaban J connectivity index is 2.12. The highest BCUT2D eigenvalue weighted by molar-refractivity contribution is 6.30. The van der Waals surface area contributed by atoms with Crippen molar-refractivity contribution in [3.63, 3.8) is 0 Å². The summed E-state index contributed by atoms with van der Waals surface area (Å²) in [6.07, 6.45) is 0. The summed E-state index contributed by atoms with van der Waals surface area (Å²) in [5.74, 6) is -1.01. The van der Waals surface area contributed by atoms with Crippen LogP contribution in [0.25, 0.3) is 0 Å². The predicted molar refractivity (Wildman–Crippen MR) is 72.5 cm³/mol. The number of carbonyl (C=O) groups is 2. The molecule has 1 aliphatic rings. The highest BCUT2D eigenvalue weighted by Crippen LogP contribution is 2.22. The number of piperazine rings is 1. The zero-order valence-corrected chi connectivity index (χ0v) is 11.3. The van der Waals surface area contributed by atoms with Crippen LogP contribution >= 0.6 is 11.6 Å². The molecule has 5 nitrogen and oxygen atoms in total. The number of hydrogen-bond donors (Lipinski definition) is 1. The Morgan fingerprint density at radius 1 is 1.42 bits per heavy atom. The van der Waals surface area contributed by atoms with Crippen molar-refractivity contribution in [2.24, 2.45) is 0 Å². The van der Waals surface area contributed by atoms with Crippen LogP contribution in [-0.4, -0.2) is 47.6 Å². The normalized spacial score (nSPS) is 20.6. The summed E-state index contributed by atoms with van der Waals surface area (Å²) in [6.45, 7) is 2.41. The first-order valence-corrected chi connectivity index (χ1v) is 6.37. The maximum atomic E-state index is 12.1. The lowest BCUT2D eigenvalue weighted by atomic mass is 10.1. The van der Waals surface area contributed by atoms with Gasteiger partial charge in [0.05, 0.1) is 13.1 Å². The molecule has 6 heteroatoms. The molecule has 1 saturated heterocycles. The van der Waals surface area contributed by atoms with Crippen molar-refractivity contribution < 1.29 is 14.7 Å². The van der Waals surface area contributed by atoms with E-state index in [1.807, 2.05) is 6.92 Å². The van der Waals surface area contributed by atoms with E-state index in [1.165, 1.54) is 0 Å². The molecule has 102 valence electrons. The molecule has 1 fully saturated rings. The molecular weight excluding hydrogens is 268 g/mol. The van der Waals surface area contributed by atoms with E-state index >= 15 is 0 Å². The van der Waals surface area contributed by atoms with Gasteiger partial charge in [0.25, 0.3) is 0 Å². The number of carbonyl (C=O) groups excluding carboxylic acids is 1. The molecule has 0 aromatic heterocycles. The van der Waals surface area contributed by atoms with Crippen molar-refractivity contribution in [1.29, 1.82) is 0 Å². The van der Waals surface area contributed by atoms with E-state index in [0.717, 1.165) is 5.69 Å². The summed E-state index contributed by atoms with van der Waals surface area (Å²) in [5.41, 5.74) is 0.788. The van der Waals surface area contributed by atoms with Crippen LogP contribution in [0.5, 0.6) is 0 Å². The molecule has 1 aliphatic heterocycles. The van der Waals surface area contributed by atoms with Crippen LogP contribution in [0.2, 0.25) is 5.02 Å². The van der Waals surface area contributed by atoms with Crippen LogP contribution < -0.4 is 4.90 Å². The maximum absolute atomic E-state index is 12.1. The van der Waals surface area contributed by atoms with Gasteiger partial charge in [-0.05, 0) is 31.2 Å². The Bertz CT molecular complexity index is 489. The number of amides is 1. The van der Waals surface area contributed by atoms with E-state index in [4.69, 9.17) is 16.7 Å². The number of benzene rings is 1. The zero-order valence-electron chi connectivity index (χ0n) is 10.5. The molecule has 0 radical (unpaired) electrons. The van der Waals surface area contributed by atoms with Crippen molar-refractivity contribution in [2.45, 2.75) is 13.0 Å². The van der Waals surface area contributed by atoms with Crippen LogP contribution in [0.15, 0.2) is 24.3 Å². The van der Waals surface area contributed by atoms with Crippen molar-refractivity contribution in [2.75, 3.05) is 24.5 Å². The van der Waals surface area contributed by atoms with Crippen LogP contribution in [0, 0.1) is 0 Å². The molecule has 19 heavy (non-hydrogen) atoms. The zero-order chi connectivity index (χ0) is 14.0. The second-order valence-corrected chi connectivity index (χ2v) is 5.06. The molecule has 1 heterocycles. The molecule has 2 rings (SSSR count). The summed E-state index contributed by atoms with van der Waals surface area (Å²) >= 11 is 5.82. The minimum Gasteiger partial charge on any atom is -0.480 e. The molecule has 1 atom stereocenters. The van der Waals surface area contributed by atoms with Crippen molar-refractivity contribution in [3.8, 4) is 0 Å². The number of halogens is 1. The van der Waals surface area contributed by atoms with Gasteiger partial charge in [0, 0.05) is 23.3 Å². The fraction of sp³-hybridized carbons (Fsp3) is 0.385. The van der Waals surface area contributed by atoms with Gasteiger partial charge in [0.1, 0.15) is 0 Å². The summed E-state index contributed by atoms with van der Waals surface area (Å²) in [5, 5.41) is 9.42. The largest absolute Gasteiger partial charge is 0.480 e. The van der Waals surface area contributed by atoms with Crippen LogP contribution in [0.4, 0.5) is 5.69 Å². The monoisotopic (exact) mass is 282 g/mol. The molecular formula is C13H15ClN2O3. The standard InChI is InChI=1S/C13H15ClN2O3/c1-9-6-16(11-4-2-10(14)3-5-11)12(17)7-15(9)8-13(18)19/h2-5,9H,6-8H2,1H3,(H,18,19). The Morgan fingerprint density at radius 3 is 2.63 bits per heavy atom. The lowest BCUT2D eigenvalue weighted by Crippen LogP contribution is -2.56. The molecule has 1 amide bonds. The molecule has 0 aliphatic carbocycles. The topological polar surface area (TPSA) is 60.9 Å². The Hall–Kier alpha value is -1.59. The van der Waals surface area contributed by atoms with Gasteiger partial charge < -0.3 is 10.0 Å². The molecule has 1 aromatic rings. The molecule has 0 spiro atoms. The molecule has 1 aromatic carbocycles. The fourth-order valence-electron chi connectivity index (χ4n) is 2.15. The van der Waals surface area contributed by atoms with E-state index in [0.29, 0.717) is 11.6 Å². The van der Waals surface area contributed by atoms with Crippen molar-refractivity contribution in [1.82, 2.24) is 4.90 Å². The third kappa shape index (κ3) is 3.24. The van der Waals surface area contributed by atoms with Crippen LogP contribution in [0.1, 0.15) is 6.92 Å². The number of nitrogens with zero attached hydrogens (tertiary/aromatic N) is 2. The quantitative estimate of drug-likeness (QED) is 0.912. The summed E-state index contributed by atoms with van der Waals surface area (Å²) in [6, 6.07) is 7.06. The number of carboxylic acid groups (broad SMARTS) is 1. The first-order valence-electron chi connectivity index (χ1n) is 5.99. The first kappa shape index (κ1) is 13.8. The second kappa shape index (κ2) is 5.59. The molecule has 1 N–H and O–H groups in total. The summed E-state index contributed by atoms with van der Waals surface area (Å²) in [7, 11) is 0. The summed E-state index contributed by atoms with van der Waals surface area (Å²) < 4.78 is 0. The lowest BCUT2D eigenvalue weighted by Gasteiger charge is -2.38. The maximum Gasteiger partial charge on any atom is 0.317 e. The van der Waals surface area contributed by atoms with Gasteiger partial charge in [-0.1, -0.05) is 11.6 Å². The van der Waals surface area contributed by atoms with Crippen LogP contribution in [-0.2, 0) is 9.59 Å². The SMILES string of the molecule is CC1CN(c2ccc(Cl)cc2)C(=O)CN1CC(=O)O. The fourth-order valence-corrected chi connectivity index (χ4v) is 2.28. The number of rotatable bonds is 3. The van der Waals surface area contributed by atoms with E-state index in [1.54, 1.807) is 34.1 Å². The van der Waals surface area contributed by atoms with E-state index in [-0.39, 0.29) is 25.0 Å². The smallest absolute Gasteiger partial charge is 0.317 e. The van der Waals surface area contributed by atoms with Gasteiger partial charge in [-0.2, -0.15) is 0 Å². The number of aliphatic carboxylic acids is 1. The predicted octanol–water partition coefficient (Wildman–Crippen LogP) is 1.46. The molecule has 1 unspecified atom stereocenters.